The van der Waals surface area contributed by atoms with Crippen LogP contribution in [0.25, 0.3) is 0 Å². The van der Waals surface area contributed by atoms with Gasteiger partial charge in [-0.15, -0.1) is 0 Å². The fraction of sp³-hybridized carbons (Fsp3) is 0.765. The van der Waals surface area contributed by atoms with Crippen molar-refractivity contribution in [3.8, 4) is 0 Å². The summed E-state index contributed by atoms with van der Waals surface area (Å²) in [6.45, 7) is 10.1. The molecule has 0 amide bonds. The van der Waals surface area contributed by atoms with Crippen molar-refractivity contribution in [2.75, 3.05) is 6.54 Å². The number of aliphatic hydroxyl groups is 1. The van der Waals surface area contributed by atoms with E-state index in [0.29, 0.717) is 6.04 Å². The summed E-state index contributed by atoms with van der Waals surface area (Å²) < 4.78 is 6.12. The van der Waals surface area contributed by atoms with Crippen LogP contribution < -0.4 is 0 Å². The molecule has 1 saturated heterocycles. The number of nitrogens with zero attached hydrogens (tertiary/aromatic N) is 1. The van der Waals surface area contributed by atoms with Gasteiger partial charge >= 0.3 is 0 Å². The molecule has 3 rings (SSSR count). The van der Waals surface area contributed by atoms with Gasteiger partial charge in [0.25, 0.3) is 0 Å². The van der Waals surface area contributed by atoms with Gasteiger partial charge in [0.05, 0.1) is 17.3 Å². The predicted molar refractivity (Wildman–Crippen MR) is 86.5 cm³/mol. The van der Waals surface area contributed by atoms with Crippen molar-refractivity contribution in [3.05, 3.63) is 22.4 Å². The van der Waals surface area contributed by atoms with E-state index in [9.17, 15) is 5.11 Å². The first kappa shape index (κ1) is 15.5. The van der Waals surface area contributed by atoms with E-state index >= 15 is 0 Å². The second kappa shape index (κ2) is 5.34. The summed E-state index contributed by atoms with van der Waals surface area (Å²) in [6, 6.07) is 2.90. The Morgan fingerprint density at radius 3 is 2.48 bits per heavy atom. The van der Waals surface area contributed by atoms with Gasteiger partial charge < -0.3 is 9.84 Å². The number of rotatable bonds is 5. The molecular formula is C17H27NO2S. The van der Waals surface area contributed by atoms with Crippen molar-refractivity contribution in [2.24, 2.45) is 5.92 Å². The van der Waals surface area contributed by atoms with Gasteiger partial charge in [-0.1, -0.05) is 0 Å². The highest BCUT2D eigenvalue weighted by Gasteiger charge is 2.54. The summed E-state index contributed by atoms with van der Waals surface area (Å²) in [5.74, 6) is 0.159. The Hall–Kier alpha value is -0.420. The molecule has 1 aliphatic heterocycles. The number of aliphatic hydroxyl groups excluding tert-OH is 1. The quantitative estimate of drug-likeness (QED) is 0.906. The third-order valence-electron chi connectivity index (χ3n) is 4.97. The summed E-state index contributed by atoms with van der Waals surface area (Å²) >= 11 is 1.76. The number of ether oxygens (including phenoxy) is 1. The SMILES string of the molecule is CC1(C)OC(C)(C)C(CN(Cc2ccsc2)C2CC2)C1O. The molecule has 2 atom stereocenters. The molecule has 0 bridgehead atoms. The molecule has 1 aromatic rings. The molecule has 2 aliphatic rings. The van der Waals surface area contributed by atoms with Crippen LogP contribution in [0.15, 0.2) is 16.8 Å². The molecule has 0 radical (unpaired) electrons. The third kappa shape index (κ3) is 3.19. The first-order valence-electron chi connectivity index (χ1n) is 7.93. The first-order valence-corrected chi connectivity index (χ1v) is 8.87. The van der Waals surface area contributed by atoms with Gasteiger partial charge in [0, 0.05) is 25.0 Å². The van der Waals surface area contributed by atoms with E-state index in [1.54, 1.807) is 11.3 Å². The largest absolute Gasteiger partial charge is 0.390 e. The average molecular weight is 309 g/mol. The Balaban J connectivity index is 1.73. The van der Waals surface area contributed by atoms with Gasteiger partial charge in [0.1, 0.15) is 0 Å². The molecule has 2 unspecified atom stereocenters. The smallest absolute Gasteiger partial charge is 0.0896 e. The lowest BCUT2D eigenvalue weighted by Crippen LogP contribution is -2.43. The highest BCUT2D eigenvalue weighted by molar-refractivity contribution is 7.07. The van der Waals surface area contributed by atoms with Crippen molar-refractivity contribution in [1.82, 2.24) is 4.90 Å². The Bertz CT molecular complexity index is 479. The van der Waals surface area contributed by atoms with Crippen molar-refractivity contribution < 1.29 is 9.84 Å². The molecule has 1 aliphatic carbocycles. The lowest BCUT2D eigenvalue weighted by molar-refractivity contribution is -0.0914. The van der Waals surface area contributed by atoms with E-state index in [4.69, 9.17) is 4.74 Å². The Morgan fingerprint density at radius 1 is 1.29 bits per heavy atom. The summed E-state index contributed by atoms with van der Waals surface area (Å²) in [4.78, 5) is 2.54. The summed E-state index contributed by atoms with van der Waals surface area (Å²) in [5, 5.41) is 15.0. The lowest BCUT2D eigenvalue weighted by Gasteiger charge is -2.32. The molecule has 4 heteroatoms. The molecule has 21 heavy (non-hydrogen) atoms. The molecule has 1 aromatic heterocycles. The number of thiophene rings is 1. The van der Waals surface area contributed by atoms with Crippen molar-refractivity contribution in [3.63, 3.8) is 0 Å². The molecule has 2 heterocycles. The molecule has 3 nitrogen and oxygen atoms in total. The van der Waals surface area contributed by atoms with E-state index in [-0.39, 0.29) is 11.5 Å². The van der Waals surface area contributed by atoms with Crippen LogP contribution in [-0.2, 0) is 11.3 Å². The van der Waals surface area contributed by atoms with Crippen LogP contribution in [-0.4, -0.2) is 39.9 Å². The standard InChI is InChI=1S/C17H27NO2S/c1-16(2)14(15(19)17(3,4)20-16)10-18(13-5-6-13)9-12-7-8-21-11-12/h7-8,11,13-15,19H,5-6,9-10H2,1-4H3. The van der Waals surface area contributed by atoms with Crippen LogP contribution in [0.2, 0.25) is 0 Å². The highest BCUT2D eigenvalue weighted by atomic mass is 32.1. The zero-order valence-electron chi connectivity index (χ0n) is 13.5. The Labute approximate surface area is 131 Å². The summed E-state index contributed by atoms with van der Waals surface area (Å²) in [5.41, 5.74) is 0.661. The van der Waals surface area contributed by atoms with Gasteiger partial charge in [-0.3, -0.25) is 4.90 Å². The fourth-order valence-electron chi connectivity index (χ4n) is 3.65. The van der Waals surface area contributed by atoms with Gasteiger partial charge in [-0.25, -0.2) is 0 Å². The van der Waals surface area contributed by atoms with E-state index in [1.165, 1.54) is 18.4 Å². The van der Waals surface area contributed by atoms with Crippen molar-refractivity contribution in [2.45, 2.75) is 70.4 Å². The minimum atomic E-state index is -0.453. The average Bonchev–Trinajstić information content (AvgIpc) is 3.06. The second-order valence-corrected chi connectivity index (χ2v) is 8.43. The Morgan fingerprint density at radius 2 is 2.00 bits per heavy atom. The van der Waals surface area contributed by atoms with Crippen LogP contribution in [0.5, 0.6) is 0 Å². The van der Waals surface area contributed by atoms with Gasteiger partial charge in [0.2, 0.25) is 0 Å². The fourth-order valence-corrected chi connectivity index (χ4v) is 4.31. The Kier molecular flexibility index (Phi) is 3.93. The second-order valence-electron chi connectivity index (χ2n) is 7.65. The normalized spacial score (nSPS) is 31.0. The van der Waals surface area contributed by atoms with Gasteiger partial charge in [0.15, 0.2) is 0 Å². The molecule has 118 valence electrons. The molecule has 1 N–H and O–H groups in total. The minimum Gasteiger partial charge on any atom is -0.390 e. The van der Waals surface area contributed by atoms with E-state index in [0.717, 1.165) is 13.1 Å². The van der Waals surface area contributed by atoms with E-state index in [2.05, 4.69) is 35.6 Å². The van der Waals surface area contributed by atoms with Crippen LogP contribution in [0.1, 0.15) is 46.1 Å². The maximum Gasteiger partial charge on any atom is 0.0896 e. The molecule has 0 aromatic carbocycles. The van der Waals surface area contributed by atoms with Crippen molar-refractivity contribution in [1.29, 1.82) is 0 Å². The molecular weight excluding hydrogens is 282 g/mol. The maximum absolute atomic E-state index is 10.7. The minimum absolute atomic E-state index is 0.159. The third-order valence-corrected chi connectivity index (χ3v) is 5.70. The van der Waals surface area contributed by atoms with Crippen LogP contribution >= 0.6 is 11.3 Å². The van der Waals surface area contributed by atoms with Gasteiger partial charge in [-0.05, 0) is 62.9 Å². The number of hydrogen-bond donors (Lipinski definition) is 1. The first-order chi connectivity index (χ1) is 9.79. The maximum atomic E-state index is 10.7. The predicted octanol–water partition coefficient (Wildman–Crippen LogP) is 3.28. The monoisotopic (exact) mass is 309 g/mol. The van der Waals surface area contributed by atoms with Gasteiger partial charge in [-0.2, -0.15) is 11.3 Å². The summed E-state index contributed by atoms with van der Waals surface area (Å²) in [7, 11) is 0. The van der Waals surface area contributed by atoms with E-state index < -0.39 is 11.7 Å². The lowest BCUT2D eigenvalue weighted by atomic mass is 9.84. The zero-order valence-corrected chi connectivity index (χ0v) is 14.3. The molecule has 1 saturated carbocycles. The van der Waals surface area contributed by atoms with Crippen LogP contribution in [0, 0.1) is 5.92 Å². The van der Waals surface area contributed by atoms with Crippen LogP contribution in [0.4, 0.5) is 0 Å². The molecule has 0 spiro atoms. The summed E-state index contributed by atoms with van der Waals surface area (Å²) in [6.07, 6.45) is 2.17. The highest BCUT2D eigenvalue weighted by Crippen LogP contribution is 2.43. The van der Waals surface area contributed by atoms with Crippen LogP contribution in [0.3, 0.4) is 0 Å². The zero-order chi connectivity index (χ0) is 15.3. The van der Waals surface area contributed by atoms with E-state index in [1.807, 2.05) is 13.8 Å². The molecule has 2 fully saturated rings. The van der Waals surface area contributed by atoms with Crippen molar-refractivity contribution >= 4 is 11.3 Å². The topological polar surface area (TPSA) is 32.7 Å². The number of hydrogen-bond acceptors (Lipinski definition) is 4.